The van der Waals surface area contributed by atoms with Crippen LogP contribution in [0.25, 0.3) is 0 Å². The van der Waals surface area contributed by atoms with Crippen molar-refractivity contribution in [2.75, 3.05) is 6.61 Å². The van der Waals surface area contributed by atoms with Gasteiger partial charge in [0.2, 0.25) is 5.60 Å². The van der Waals surface area contributed by atoms with Gasteiger partial charge in [-0.2, -0.15) is 0 Å². The zero-order chi connectivity index (χ0) is 14.1. The average Bonchev–Trinajstić information content (AvgIpc) is 2.25. The molecule has 0 radical (unpaired) electrons. The third-order valence-corrected chi connectivity index (χ3v) is 2.00. The van der Waals surface area contributed by atoms with E-state index in [1.54, 1.807) is 0 Å². The van der Waals surface area contributed by atoms with Crippen molar-refractivity contribution in [3.8, 4) is 0 Å². The number of rotatable bonds is 6. The SMILES string of the molecule is CCC(O)(C(C)=O)C(=O)O.O=C(O)CCCO. The number of aliphatic hydroxyl groups is 2. The summed E-state index contributed by atoms with van der Waals surface area (Å²) in [5.74, 6) is -3.07. The lowest BCUT2D eigenvalue weighted by molar-refractivity contribution is -0.164. The van der Waals surface area contributed by atoms with Crippen LogP contribution in [0.5, 0.6) is 0 Å². The number of carboxylic acid groups (broad SMARTS) is 2. The van der Waals surface area contributed by atoms with Crippen molar-refractivity contribution < 1.29 is 34.8 Å². The largest absolute Gasteiger partial charge is 0.481 e. The molecule has 0 heterocycles. The van der Waals surface area contributed by atoms with Crippen molar-refractivity contribution in [2.45, 2.75) is 38.7 Å². The molecule has 0 bridgehead atoms. The molecule has 0 fully saturated rings. The molecule has 1 unspecified atom stereocenters. The van der Waals surface area contributed by atoms with E-state index in [2.05, 4.69) is 0 Å². The monoisotopic (exact) mass is 250 g/mol. The standard InChI is InChI=1S/C6H10O4.C4H8O3/c1-3-6(10,4(2)7)5(8)9;5-3-1-2-4(6)7/h10H,3H2,1-2H3,(H,8,9);5H,1-3H2,(H,6,7). The van der Waals surface area contributed by atoms with Gasteiger partial charge in [0.25, 0.3) is 0 Å². The first-order chi connectivity index (χ1) is 7.72. The van der Waals surface area contributed by atoms with Crippen LogP contribution in [0.2, 0.25) is 0 Å². The molecule has 0 spiro atoms. The summed E-state index contributed by atoms with van der Waals surface area (Å²) in [6, 6.07) is 0. The first-order valence-electron chi connectivity index (χ1n) is 5.01. The van der Waals surface area contributed by atoms with E-state index in [-0.39, 0.29) is 19.4 Å². The lowest BCUT2D eigenvalue weighted by atomic mass is 9.97. The Morgan fingerprint density at radius 1 is 1.18 bits per heavy atom. The zero-order valence-corrected chi connectivity index (χ0v) is 9.84. The van der Waals surface area contributed by atoms with Gasteiger partial charge in [-0.1, -0.05) is 6.92 Å². The predicted octanol–water partition coefficient (Wildman–Crippen LogP) is -0.355. The summed E-state index contributed by atoms with van der Waals surface area (Å²) < 4.78 is 0. The summed E-state index contributed by atoms with van der Waals surface area (Å²) >= 11 is 0. The summed E-state index contributed by atoms with van der Waals surface area (Å²) in [4.78, 5) is 30.4. The predicted molar refractivity (Wildman–Crippen MR) is 57.5 cm³/mol. The summed E-state index contributed by atoms with van der Waals surface area (Å²) in [5, 5.41) is 33.3. The Morgan fingerprint density at radius 3 is 1.71 bits per heavy atom. The third-order valence-electron chi connectivity index (χ3n) is 2.00. The number of carbonyl (C=O) groups is 3. The summed E-state index contributed by atoms with van der Waals surface area (Å²) in [5.41, 5.74) is -2.18. The molecule has 0 aliphatic rings. The maximum absolute atomic E-state index is 10.5. The molecular formula is C10H18O7. The number of Topliss-reactive ketones (excluding diaryl/α,β-unsaturated/α-hetero) is 1. The van der Waals surface area contributed by atoms with E-state index in [9.17, 15) is 14.4 Å². The number of aliphatic carboxylic acids is 2. The molecule has 0 rings (SSSR count). The molecule has 0 aliphatic heterocycles. The number of hydrogen-bond acceptors (Lipinski definition) is 5. The molecule has 7 nitrogen and oxygen atoms in total. The number of ketones is 1. The van der Waals surface area contributed by atoms with Crippen LogP contribution in [-0.2, 0) is 14.4 Å². The molecule has 0 saturated heterocycles. The molecule has 0 aromatic carbocycles. The van der Waals surface area contributed by atoms with E-state index >= 15 is 0 Å². The molecule has 7 heteroatoms. The van der Waals surface area contributed by atoms with Crippen LogP contribution in [0.3, 0.4) is 0 Å². The number of carboxylic acids is 2. The van der Waals surface area contributed by atoms with Gasteiger partial charge in [-0.15, -0.1) is 0 Å². The van der Waals surface area contributed by atoms with Crippen molar-refractivity contribution in [1.29, 1.82) is 0 Å². The number of hydrogen-bond donors (Lipinski definition) is 4. The van der Waals surface area contributed by atoms with Crippen LogP contribution in [-0.4, -0.2) is 50.4 Å². The summed E-state index contributed by atoms with van der Waals surface area (Å²) in [6.07, 6.45) is 0.323. The van der Waals surface area contributed by atoms with Crippen molar-refractivity contribution >= 4 is 17.7 Å². The van der Waals surface area contributed by atoms with E-state index < -0.39 is 23.3 Å². The average molecular weight is 250 g/mol. The lowest BCUT2D eigenvalue weighted by Gasteiger charge is -2.16. The molecule has 17 heavy (non-hydrogen) atoms. The minimum absolute atomic E-state index is 0.0354. The van der Waals surface area contributed by atoms with Gasteiger partial charge in [0.1, 0.15) is 0 Å². The molecule has 0 aromatic rings. The zero-order valence-electron chi connectivity index (χ0n) is 9.84. The van der Waals surface area contributed by atoms with Crippen LogP contribution < -0.4 is 0 Å². The fourth-order valence-corrected chi connectivity index (χ4v) is 0.781. The lowest BCUT2D eigenvalue weighted by Crippen LogP contribution is -2.44. The quantitative estimate of drug-likeness (QED) is 0.473. The van der Waals surface area contributed by atoms with Crippen LogP contribution in [0.1, 0.15) is 33.1 Å². The highest BCUT2D eigenvalue weighted by Crippen LogP contribution is 2.10. The van der Waals surface area contributed by atoms with Crippen LogP contribution in [0, 0.1) is 0 Å². The highest BCUT2D eigenvalue weighted by molar-refractivity contribution is 6.04. The molecule has 0 saturated carbocycles. The van der Waals surface area contributed by atoms with Gasteiger partial charge in [0, 0.05) is 13.0 Å². The molecule has 100 valence electrons. The molecule has 0 amide bonds. The second kappa shape index (κ2) is 8.66. The number of aliphatic hydroxyl groups excluding tert-OH is 1. The minimum Gasteiger partial charge on any atom is -0.481 e. The molecule has 1 atom stereocenters. The maximum atomic E-state index is 10.5. The van der Waals surface area contributed by atoms with Gasteiger partial charge in [-0.3, -0.25) is 9.59 Å². The summed E-state index contributed by atoms with van der Waals surface area (Å²) in [6.45, 7) is 2.46. The normalized spacial score (nSPS) is 12.9. The fourth-order valence-electron chi connectivity index (χ4n) is 0.781. The second-order valence-electron chi connectivity index (χ2n) is 3.30. The molecule has 0 aromatic heterocycles. The van der Waals surface area contributed by atoms with Gasteiger partial charge in [0.15, 0.2) is 5.78 Å². The smallest absolute Gasteiger partial charge is 0.343 e. The van der Waals surface area contributed by atoms with E-state index in [1.165, 1.54) is 6.92 Å². The Bertz CT molecular complexity index is 258. The minimum atomic E-state index is -2.18. The van der Waals surface area contributed by atoms with Gasteiger partial charge in [0.05, 0.1) is 0 Å². The van der Waals surface area contributed by atoms with E-state index in [1.807, 2.05) is 0 Å². The highest BCUT2D eigenvalue weighted by Gasteiger charge is 2.38. The van der Waals surface area contributed by atoms with Gasteiger partial charge >= 0.3 is 11.9 Å². The van der Waals surface area contributed by atoms with E-state index in [0.717, 1.165) is 6.92 Å². The third kappa shape index (κ3) is 7.42. The van der Waals surface area contributed by atoms with Crippen molar-refractivity contribution in [3.63, 3.8) is 0 Å². The van der Waals surface area contributed by atoms with Crippen LogP contribution in [0.15, 0.2) is 0 Å². The summed E-state index contributed by atoms with van der Waals surface area (Å²) in [7, 11) is 0. The molecule has 0 aliphatic carbocycles. The van der Waals surface area contributed by atoms with E-state index in [0.29, 0.717) is 6.42 Å². The Hall–Kier alpha value is -1.47. The molecule has 4 N–H and O–H groups in total. The van der Waals surface area contributed by atoms with Gasteiger partial charge in [-0.25, -0.2) is 4.79 Å². The van der Waals surface area contributed by atoms with Crippen molar-refractivity contribution in [1.82, 2.24) is 0 Å². The topological polar surface area (TPSA) is 132 Å². The Morgan fingerprint density at radius 2 is 1.65 bits per heavy atom. The fraction of sp³-hybridized carbons (Fsp3) is 0.700. The van der Waals surface area contributed by atoms with Crippen molar-refractivity contribution in [3.05, 3.63) is 0 Å². The first kappa shape index (κ1) is 17.9. The number of carbonyl (C=O) groups excluding carboxylic acids is 1. The van der Waals surface area contributed by atoms with Gasteiger partial charge < -0.3 is 20.4 Å². The molecular weight excluding hydrogens is 232 g/mol. The first-order valence-corrected chi connectivity index (χ1v) is 5.01. The Balaban J connectivity index is 0. The second-order valence-corrected chi connectivity index (χ2v) is 3.30. The van der Waals surface area contributed by atoms with E-state index in [4.69, 9.17) is 20.4 Å². The van der Waals surface area contributed by atoms with Crippen LogP contribution >= 0.6 is 0 Å². The maximum Gasteiger partial charge on any atom is 0.343 e. The van der Waals surface area contributed by atoms with Crippen LogP contribution in [0.4, 0.5) is 0 Å². The van der Waals surface area contributed by atoms with Gasteiger partial charge in [-0.05, 0) is 19.8 Å². The highest BCUT2D eigenvalue weighted by atomic mass is 16.4. The van der Waals surface area contributed by atoms with Crippen molar-refractivity contribution in [2.24, 2.45) is 0 Å². The Kier molecular flexibility index (Phi) is 9.12. The Labute approximate surface area is 98.7 Å².